The Labute approximate surface area is 296 Å². The van der Waals surface area contributed by atoms with Gasteiger partial charge < -0.3 is 4.42 Å². The second-order valence-corrected chi connectivity index (χ2v) is 13.2. The Morgan fingerprint density at radius 1 is 0.235 bits per heavy atom. The molecule has 0 aliphatic heterocycles. The quantitative estimate of drug-likeness (QED) is 0.169. The van der Waals surface area contributed by atoms with Crippen molar-refractivity contribution in [1.82, 2.24) is 0 Å². The average Bonchev–Trinajstić information content (AvgIpc) is 3.58. The Hall–Kier alpha value is -6.70. The summed E-state index contributed by atoms with van der Waals surface area (Å²) in [6, 6.07) is 70.1. The second-order valence-electron chi connectivity index (χ2n) is 13.2. The fourth-order valence-electron chi connectivity index (χ4n) is 7.93. The summed E-state index contributed by atoms with van der Waals surface area (Å²) in [6.45, 7) is 0. The molecule has 238 valence electrons. The number of hydrogen-bond donors (Lipinski definition) is 0. The molecule has 0 saturated heterocycles. The van der Waals surface area contributed by atoms with E-state index in [2.05, 4.69) is 188 Å². The van der Waals surface area contributed by atoms with Gasteiger partial charge in [0.1, 0.15) is 11.2 Å². The van der Waals surface area contributed by atoms with E-state index >= 15 is 0 Å². The van der Waals surface area contributed by atoms with Gasteiger partial charge in [0.05, 0.1) is 0 Å². The van der Waals surface area contributed by atoms with Gasteiger partial charge in [0.2, 0.25) is 0 Å². The third kappa shape index (κ3) is 4.94. The van der Waals surface area contributed by atoms with Crippen molar-refractivity contribution < 1.29 is 4.42 Å². The fraction of sp³-hybridized carbons (Fsp3) is 0. The standard InChI is InChI=1S/C50H32O/c1-4-16-33(17-5-1)36-28-37(34-18-6-2-7-19-34)30-38(29-36)49-40-23-10-12-25-42(40)50(43-26-13-11-24-41(43)49)46-31-45-39-22-14-15-27-47(39)51-48(45)32-44(46)35-20-8-3-9-21-35/h1-32H. The number of fused-ring (bicyclic) bond motifs is 5. The zero-order valence-electron chi connectivity index (χ0n) is 27.9. The first kappa shape index (κ1) is 29.2. The predicted octanol–water partition coefficient (Wildman–Crippen LogP) is 14.2. The Kier molecular flexibility index (Phi) is 6.89. The van der Waals surface area contributed by atoms with Gasteiger partial charge in [-0.15, -0.1) is 0 Å². The van der Waals surface area contributed by atoms with Gasteiger partial charge in [0.25, 0.3) is 0 Å². The first-order valence-corrected chi connectivity index (χ1v) is 17.5. The minimum Gasteiger partial charge on any atom is -0.456 e. The zero-order valence-corrected chi connectivity index (χ0v) is 27.9. The molecular formula is C50H32O. The third-order valence-electron chi connectivity index (χ3n) is 10.2. The predicted molar refractivity (Wildman–Crippen MR) is 216 cm³/mol. The number of hydrogen-bond acceptors (Lipinski definition) is 1. The van der Waals surface area contributed by atoms with Crippen LogP contribution in [-0.2, 0) is 0 Å². The minimum atomic E-state index is 0.898. The fourth-order valence-corrected chi connectivity index (χ4v) is 7.93. The molecule has 0 bridgehead atoms. The lowest BCUT2D eigenvalue weighted by molar-refractivity contribution is 0.669. The molecule has 10 rings (SSSR count). The molecule has 1 nitrogen and oxygen atoms in total. The number of furan rings is 1. The van der Waals surface area contributed by atoms with Crippen molar-refractivity contribution in [1.29, 1.82) is 0 Å². The van der Waals surface area contributed by atoms with E-state index in [0.29, 0.717) is 0 Å². The highest BCUT2D eigenvalue weighted by Gasteiger charge is 2.22. The monoisotopic (exact) mass is 648 g/mol. The van der Waals surface area contributed by atoms with Crippen LogP contribution < -0.4 is 0 Å². The van der Waals surface area contributed by atoms with Crippen molar-refractivity contribution in [3.05, 3.63) is 194 Å². The molecule has 0 N–H and O–H groups in total. The van der Waals surface area contributed by atoms with Crippen molar-refractivity contribution in [2.45, 2.75) is 0 Å². The third-order valence-corrected chi connectivity index (χ3v) is 10.2. The van der Waals surface area contributed by atoms with Gasteiger partial charge >= 0.3 is 0 Å². The topological polar surface area (TPSA) is 13.1 Å². The van der Waals surface area contributed by atoms with E-state index in [1.807, 2.05) is 6.07 Å². The molecule has 0 unspecified atom stereocenters. The molecule has 0 saturated carbocycles. The van der Waals surface area contributed by atoms with E-state index in [1.165, 1.54) is 66.1 Å². The highest BCUT2D eigenvalue weighted by molar-refractivity contribution is 6.23. The van der Waals surface area contributed by atoms with Crippen LogP contribution in [0.25, 0.3) is 99.1 Å². The molecule has 0 atom stereocenters. The normalized spacial score (nSPS) is 11.5. The molecular weight excluding hydrogens is 617 g/mol. The van der Waals surface area contributed by atoms with E-state index in [-0.39, 0.29) is 0 Å². The molecule has 0 aliphatic carbocycles. The first-order chi connectivity index (χ1) is 25.3. The van der Waals surface area contributed by atoms with Crippen LogP contribution in [0.15, 0.2) is 199 Å². The summed E-state index contributed by atoms with van der Waals surface area (Å²) < 4.78 is 6.45. The van der Waals surface area contributed by atoms with E-state index in [4.69, 9.17) is 4.42 Å². The second kappa shape index (κ2) is 12.0. The SMILES string of the molecule is c1ccc(-c2cc(-c3ccccc3)cc(-c3c4ccccc4c(-c4cc5c(cc4-c4ccccc4)oc4ccccc45)c4ccccc34)c2)cc1. The molecule has 51 heavy (non-hydrogen) atoms. The van der Waals surface area contributed by atoms with Gasteiger partial charge in [-0.2, -0.15) is 0 Å². The van der Waals surface area contributed by atoms with Gasteiger partial charge in [0.15, 0.2) is 0 Å². The van der Waals surface area contributed by atoms with E-state index in [9.17, 15) is 0 Å². The van der Waals surface area contributed by atoms with Crippen LogP contribution in [0.5, 0.6) is 0 Å². The van der Waals surface area contributed by atoms with Crippen LogP contribution in [-0.4, -0.2) is 0 Å². The van der Waals surface area contributed by atoms with Crippen molar-refractivity contribution in [2.24, 2.45) is 0 Å². The summed E-state index contributed by atoms with van der Waals surface area (Å²) in [4.78, 5) is 0. The molecule has 0 fully saturated rings. The highest BCUT2D eigenvalue weighted by atomic mass is 16.3. The van der Waals surface area contributed by atoms with Crippen molar-refractivity contribution in [3.8, 4) is 55.6 Å². The van der Waals surface area contributed by atoms with Gasteiger partial charge in [0, 0.05) is 10.8 Å². The molecule has 1 aromatic heterocycles. The van der Waals surface area contributed by atoms with E-state index in [0.717, 1.165) is 33.1 Å². The van der Waals surface area contributed by atoms with Crippen LogP contribution in [0.4, 0.5) is 0 Å². The van der Waals surface area contributed by atoms with Crippen LogP contribution in [0.2, 0.25) is 0 Å². The summed E-state index contributed by atoms with van der Waals surface area (Å²) in [7, 11) is 0. The van der Waals surface area contributed by atoms with Crippen LogP contribution in [0.1, 0.15) is 0 Å². The summed E-state index contributed by atoms with van der Waals surface area (Å²) in [5.74, 6) is 0. The average molecular weight is 649 g/mol. The van der Waals surface area contributed by atoms with E-state index < -0.39 is 0 Å². The van der Waals surface area contributed by atoms with Crippen molar-refractivity contribution >= 4 is 43.5 Å². The van der Waals surface area contributed by atoms with Crippen LogP contribution >= 0.6 is 0 Å². The minimum absolute atomic E-state index is 0.898. The molecule has 9 aromatic carbocycles. The van der Waals surface area contributed by atoms with Crippen LogP contribution in [0, 0.1) is 0 Å². The van der Waals surface area contributed by atoms with Crippen molar-refractivity contribution in [2.75, 3.05) is 0 Å². The summed E-state index contributed by atoms with van der Waals surface area (Å²) >= 11 is 0. The van der Waals surface area contributed by atoms with Gasteiger partial charge in [-0.1, -0.05) is 158 Å². The number of rotatable bonds is 5. The lowest BCUT2D eigenvalue weighted by Crippen LogP contribution is -1.94. The van der Waals surface area contributed by atoms with Gasteiger partial charge in [-0.25, -0.2) is 0 Å². The van der Waals surface area contributed by atoms with Gasteiger partial charge in [-0.3, -0.25) is 0 Å². The molecule has 0 aliphatic rings. The van der Waals surface area contributed by atoms with Gasteiger partial charge in [-0.05, 0) is 114 Å². The lowest BCUT2D eigenvalue weighted by Gasteiger charge is -2.21. The van der Waals surface area contributed by atoms with Crippen molar-refractivity contribution in [3.63, 3.8) is 0 Å². The first-order valence-electron chi connectivity index (χ1n) is 17.5. The Balaban J connectivity index is 1.32. The summed E-state index contributed by atoms with van der Waals surface area (Å²) in [5.41, 5.74) is 13.8. The molecule has 10 aromatic rings. The lowest BCUT2D eigenvalue weighted by atomic mass is 9.82. The molecule has 1 heterocycles. The molecule has 0 amide bonds. The largest absolute Gasteiger partial charge is 0.456 e. The molecule has 0 radical (unpaired) electrons. The maximum Gasteiger partial charge on any atom is 0.136 e. The van der Waals surface area contributed by atoms with E-state index in [1.54, 1.807) is 0 Å². The number of para-hydroxylation sites is 1. The Morgan fingerprint density at radius 2 is 0.667 bits per heavy atom. The number of benzene rings is 9. The Morgan fingerprint density at radius 3 is 1.22 bits per heavy atom. The smallest absolute Gasteiger partial charge is 0.136 e. The van der Waals surface area contributed by atoms with Crippen LogP contribution in [0.3, 0.4) is 0 Å². The maximum absolute atomic E-state index is 6.45. The maximum atomic E-state index is 6.45. The molecule has 1 heteroatoms. The highest BCUT2D eigenvalue weighted by Crippen LogP contribution is 2.48. The Bertz CT molecular complexity index is 2770. The zero-order chi connectivity index (χ0) is 33.7. The summed E-state index contributed by atoms with van der Waals surface area (Å²) in [5, 5.41) is 7.16. The molecule has 0 spiro atoms. The summed E-state index contributed by atoms with van der Waals surface area (Å²) in [6.07, 6.45) is 0.